The van der Waals surface area contributed by atoms with Gasteiger partial charge < -0.3 is 4.74 Å². The van der Waals surface area contributed by atoms with Crippen molar-refractivity contribution in [3.8, 4) is 11.5 Å². The molecular formula is C21H15FN2O3S. The topological polar surface area (TPSA) is 68.3 Å². The van der Waals surface area contributed by atoms with Crippen LogP contribution in [-0.2, 0) is 10.0 Å². The van der Waals surface area contributed by atoms with Crippen LogP contribution < -0.4 is 9.46 Å². The molecule has 140 valence electrons. The molecular weight excluding hydrogens is 379 g/mol. The second-order valence-electron chi connectivity index (χ2n) is 6.04. The van der Waals surface area contributed by atoms with Gasteiger partial charge in [0.05, 0.1) is 10.4 Å². The van der Waals surface area contributed by atoms with E-state index in [2.05, 4.69) is 9.71 Å². The average Bonchev–Trinajstić information content (AvgIpc) is 2.69. The second kappa shape index (κ2) is 7.28. The molecule has 0 saturated heterocycles. The Hall–Kier alpha value is -3.45. The van der Waals surface area contributed by atoms with E-state index in [9.17, 15) is 12.8 Å². The molecule has 1 N–H and O–H groups in total. The van der Waals surface area contributed by atoms with E-state index >= 15 is 0 Å². The number of ether oxygens (including phenoxy) is 1. The monoisotopic (exact) mass is 394 g/mol. The Morgan fingerprint density at radius 1 is 0.857 bits per heavy atom. The highest BCUT2D eigenvalue weighted by atomic mass is 32.2. The maximum atomic E-state index is 13.0. The Kier molecular flexibility index (Phi) is 4.67. The lowest BCUT2D eigenvalue weighted by molar-refractivity contribution is 0.483. The van der Waals surface area contributed by atoms with Crippen LogP contribution in [0.4, 0.5) is 10.1 Å². The number of halogens is 1. The average molecular weight is 394 g/mol. The Morgan fingerprint density at radius 2 is 1.57 bits per heavy atom. The first-order chi connectivity index (χ1) is 13.5. The zero-order valence-corrected chi connectivity index (χ0v) is 15.4. The zero-order valence-electron chi connectivity index (χ0n) is 14.5. The summed E-state index contributed by atoms with van der Waals surface area (Å²) in [4.78, 5) is 4.25. The fraction of sp³-hybridized carbons (Fsp3) is 0. The Balaban J connectivity index is 1.49. The number of nitrogens with one attached hydrogen (secondary N) is 1. The highest BCUT2D eigenvalue weighted by Crippen LogP contribution is 2.26. The van der Waals surface area contributed by atoms with Gasteiger partial charge in [0.2, 0.25) is 0 Å². The van der Waals surface area contributed by atoms with Gasteiger partial charge in [0.15, 0.2) is 0 Å². The second-order valence-corrected chi connectivity index (χ2v) is 7.73. The maximum absolute atomic E-state index is 13.0. The Morgan fingerprint density at radius 3 is 2.32 bits per heavy atom. The van der Waals surface area contributed by atoms with Crippen molar-refractivity contribution in [3.63, 3.8) is 0 Å². The number of fused-ring (bicyclic) bond motifs is 1. The van der Waals surface area contributed by atoms with Crippen molar-refractivity contribution in [2.45, 2.75) is 4.90 Å². The number of pyridine rings is 1. The van der Waals surface area contributed by atoms with Crippen molar-refractivity contribution in [3.05, 3.63) is 90.9 Å². The molecule has 0 aliphatic carbocycles. The molecule has 1 aromatic heterocycles. The van der Waals surface area contributed by atoms with Crippen LogP contribution >= 0.6 is 0 Å². The molecule has 3 aromatic carbocycles. The molecule has 7 heteroatoms. The van der Waals surface area contributed by atoms with Crippen LogP contribution in [0, 0.1) is 5.82 Å². The van der Waals surface area contributed by atoms with Crippen LogP contribution in [0.25, 0.3) is 10.9 Å². The van der Waals surface area contributed by atoms with Crippen molar-refractivity contribution in [1.82, 2.24) is 4.98 Å². The van der Waals surface area contributed by atoms with E-state index in [1.54, 1.807) is 30.5 Å². The van der Waals surface area contributed by atoms with Crippen molar-refractivity contribution >= 4 is 26.6 Å². The molecule has 1 heterocycles. The molecule has 0 bridgehead atoms. The van der Waals surface area contributed by atoms with Crippen LogP contribution in [0.3, 0.4) is 0 Å². The summed E-state index contributed by atoms with van der Waals surface area (Å²) in [7, 11) is -3.79. The summed E-state index contributed by atoms with van der Waals surface area (Å²) >= 11 is 0. The van der Waals surface area contributed by atoms with Crippen LogP contribution in [0.15, 0.2) is 90.0 Å². The predicted molar refractivity (Wildman–Crippen MR) is 105 cm³/mol. The van der Waals surface area contributed by atoms with E-state index < -0.39 is 15.8 Å². The summed E-state index contributed by atoms with van der Waals surface area (Å²) in [5, 5.41) is 0.962. The van der Waals surface area contributed by atoms with Gasteiger partial charge in [-0.25, -0.2) is 12.8 Å². The molecule has 0 radical (unpaired) electrons. The van der Waals surface area contributed by atoms with E-state index in [1.807, 2.05) is 30.3 Å². The van der Waals surface area contributed by atoms with Crippen molar-refractivity contribution in [2.24, 2.45) is 0 Å². The third-order valence-corrected chi connectivity index (χ3v) is 5.44. The molecule has 0 spiro atoms. The standard InChI is InChI=1S/C21H15FN2O3S/c22-16-3-10-20(11-4-16)28(25,26)24-17-5-7-18(8-6-17)27-19-9-12-21-15(14-19)2-1-13-23-21/h1-14,24H. The number of sulfonamides is 1. The van der Waals surface area contributed by atoms with E-state index in [1.165, 1.54) is 12.1 Å². The van der Waals surface area contributed by atoms with Gasteiger partial charge in [0, 0.05) is 17.3 Å². The maximum Gasteiger partial charge on any atom is 0.261 e. The van der Waals surface area contributed by atoms with Crippen LogP contribution in [0.1, 0.15) is 0 Å². The van der Waals surface area contributed by atoms with Gasteiger partial charge in [-0.1, -0.05) is 6.07 Å². The molecule has 0 amide bonds. The number of benzene rings is 3. The highest BCUT2D eigenvalue weighted by molar-refractivity contribution is 7.92. The first-order valence-corrected chi connectivity index (χ1v) is 9.89. The van der Waals surface area contributed by atoms with Gasteiger partial charge in [-0.05, 0) is 72.8 Å². The number of nitrogens with zero attached hydrogens (tertiary/aromatic N) is 1. The summed E-state index contributed by atoms with van der Waals surface area (Å²) in [6.07, 6.45) is 1.73. The summed E-state index contributed by atoms with van der Waals surface area (Å²) < 4.78 is 45.9. The minimum atomic E-state index is -3.79. The quantitative estimate of drug-likeness (QED) is 0.519. The minimum absolute atomic E-state index is 0.0148. The van der Waals surface area contributed by atoms with Crippen LogP contribution in [0.5, 0.6) is 11.5 Å². The summed E-state index contributed by atoms with van der Waals surface area (Å²) in [5.74, 6) is 0.720. The third-order valence-electron chi connectivity index (χ3n) is 4.04. The number of anilines is 1. The van der Waals surface area contributed by atoms with Gasteiger partial charge in [0.25, 0.3) is 10.0 Å². The van der Waals surface area contributed by atoms with E-state index in [-0.39, 0.29) is 4.90 Å². The lowest BCUT2D eigenvalue weighted by Gasteiger charge is -2.10. The molecule has 4 rings (SSSR count). The number of rotatable bonds is 5. The summed E-state index contributed by atoms with van der Waals surface area (Å²) in [6.45, 7) is 0. The third kappa shape index (κ3) is 3.94. The molecule has 5 nitrogen and oxygen atoms in total. The minimum Gasteiger partial charge on any atom is -0.457 e. The fourth-order valence-electron chi connectivity index (χ4n) is 2.67. The largest absolute Gasteiger partial charge is 0.457 e. The van der Waals surface area contributed by atoms with Gasteiger partial charge in [-0.2, -0.15) is 0 Å². The molecule has 0 saturated carbocycles. The molecule has 0 unspecified atom stereocenters. The van der Waals surface area contributed by atoms with Crippen molar-refractivity contribution in [1.29, 1.82) is 0 Å². The van der Waals surface area contributed by atoms with Crippen molar-refractivity contribution < 1.29 is 17.5 Å². The Labute approximate surface area is 161 Å². The molecule has 0 fully saturated rings. The molecule has 0 atom stereocenters. The highest BCUT2D eigenvalue weighted by Gasteiger charge is 2.14. The van der Waals surface area contributed by atoms with E-state index in [4.69, 9.17) is 4.74 Å². The number of aromatic nitrogens is 1. The van der Waals surface area contributed by atoms with Crippen LogP contribution in [-0.4, -0.2) is 13.4 Å². The van der Waals surface area contributed by atoms with Crippen molar-refractivity contribution in [2.75, 3.05) is 4.72 Å². The molecule has 0 aliphatic heterocycles. The first kappa shape index (κ1) is 17.9. The molecule has 28 heavy (non-hydrogen) atoms. The lowest BCUT2D eigenvalue weighted by Crippen LogP contribution is -2.12. The van der Waals surface area contributed by atoms with Gasteiger partial charge in [0.1, 0.15) is 17.3 Å². The summed E-state index contributed by atoms with van der Waals surface area (Å²) in [5.41, 5.74) is 1.25. The number of hydrogen-bond acceptors (Lipinski definition) is 4. The Bertz CT molecular complexity index is 1220. The normalized spacial score (nSPS) is 11.3. The number of hydrogen-bond donors (Lipinski definition) is 1. The first-order valence-electron chi connectivity index (χ1n) is 8.41. The van der Waals surface area contributed by atoms with E-state index in [0.717, 1.165) is 23.0 Å². The lowest BCUT2D eigenvalue weighted by atomic mass is 10.2. The zero-order chi connectivity index (χ0) is 19.6. The van der Waals surface area contributed by atoms with Gasteiger partial charge >= 0.3 is 0 Å². The van der Waals surface area contributed by atoms with Crippen LogP contribution in [0.2, 0.25) is 0 Å². The SMILES string of the molecule is O=S(=O)(Nc1ccc(Oc2ccc3ncccc3c2)cc1)c1ccc(F)cc1. The molecule has 4 aromatic rings. The van der Waals surface area contributed by atoms with E-state index in [0.29, 0.717) is 17.2 Å². The van der Waals surface area contributed by atoms with Gasteiger partial charge in [-0.3, -0.25) is 9.71 Å². The summed E-state index contributed by atoms with van der Waals surface area (Å²) in [6, 6.07) is 20.5. The fourth-order valence-corrected chi connectivity index (χ4v) is 3.73. The smallest absolute Gasteiger partial charge is 0.261 e. The predicted octanol–water partition coefficient (Wildman–Crippen LogP) is 4.97. The van der Waals surface area contributed by atoms with Gasteiger partial charge in [-0.15, -0.1) is 0 Å². The molecule has 0 aliphatic rings.